The predicted octanol–water partition coefficient (Wildman–Crippen LogP) is 6.42. The Morgan fingerprint density at radius 3 is 2.19 bits per heavy atom. The third kappa shape index (κ3) is 6.40. The van der Waals surface area contributed by atoms with Gasteiger partial charge in [0, 0.05) is 22.9 Å². The van der Waals surface area contributed by atoms with Gasteiger partial charge in [-0.2, -0.15) is 26.3 Å². The lowest BCUT2D eigenvalue weighted by Crippen LogP contribution is -2.36. The van der Waals surface area contributed by atoms with E-state index in [9.17, 15) is 26.3 Å². The summed E-state index contributed by atoms with van der Waals surface area (Å²) in [7, 11) is 0. The van der Waals surface area contributed by atoms with E-state index in [0.29, 0.717) is 6.07 Å². The lowest BCUT2D eigenvalue weighted by Gasteiger charge is -2.27. The highest BCUT2D eigenvalue weighted by atomic mass is 32.2. The molecular formula is C18H14F6N2S. The third-order valence-electron chi connectivity index (χ3n) is 3.51. The minimum atomic E-state index is -4.82. The van der Waals surface area contributed by atoms with Crippen molar-refractivity contribution in [2.24, 2.45) is 0 Å². The molecule has 0 N–H and O–H groups in total. The molecule has 2 rings (SSSR count). The Morgan fingerprint density at radius 2 is 1.63 bits per heavy atom. The molecule has 2 aromatic carbocycles. The molecule has 0 aromatic heterocycles. The van der Waals surface area contributed by atoms with Crippen molar-refractivity contribution < 1.29 is 26.3 Å². The molecule has 27 heavy (non-hydrogen) atoms. The van der Waals surface area contributed by atoms with Crippen molar-refractivity contribution in [1.29, 1.82) is 0 Å². The van der Waals surface area contributed by atoms with Crippen LogP contribution in [0.5, 0.6) is 0 Å². The number of alkyl halides is 6. The molecule has 0 saturated heterocycles. The Hall–Kier alpha value is -2.34. The zero-order chi connectivity index (χ0) is 20.1. The van der Waals surface area contributed by atoms with Crippen molar-refractivity contribution in [3.63, 3.8) is 0 Å². The van der Waals surface area contributed by atoms with Gasteiger partial charge in [-0.05, 0) is 24.3 Å². The average molecular weight is 404 g/mol. The summed E-state index contributed by atoms with van der Waals surface area (Å²) in [4.78, 5) is 4.50. The number of thioether (sulfide) groups is 1. The molecule has 0 unspecified atom stereocenters. The smallest absolute Gasteiger partial charge is 0.362 e. The quantitative estimate of drug-likeness (QED) is 0.312. The van der Waals surface area contributed by atoms with E-state index < -0.39 is 30.1 Å². The van der Waals surface area contributed by atoms with E-state index >= 15 is 0 Å². The van der Waals surface area contributed by atoms with E-state index in [-0.39, 0.29) is 18.0 Å². The normalized spacial score (nSPS) is 11.9. The molecule has 0 fully saturated rings. The van der Waals surface area contributed by atoms with Crippen molar-refractivity contribution in [2.75, 3.05) is 23.7 Å². The summed E-state index contributed by atoms with van der Waals surface area (Å²) in [5.74, 6) is 0.256. The van der Waals surface area contributed by atoms with Gasteiger partial charge in [-0.15, -0.1) is 11.8 Å². The molecule has 0 heterocycles. The van der Waals surface area contributed by atoms with Crippen molar-refractivity contribution >= 4 is 23.1 Å². The van der Waals surface area contributed by atoms with E-state index in [1.807, 2.05) is 0 Å². The zero-order valence-corrected chi connectivity index (χ0v) is 14.6. The third-order valence-corrected chi connectivity index (χ3v) is 4.51. The summed E-state index contributed by atoms with van der Waals surface area (Å²) in [5.41, 5.74) is -2.10. The monoisotopic (exact) mass is 404 g/mol. The van der Waals surface area contributed by atoms with Crippen LogP contribution < -0.4 is 4.90 Å². The van der Waals surface area contributed by atoms with Crippen LogP contribution in [0.3, 0.4) is 0 Å². The van der Waals surface area contributed by atoms with Crippen LogP contribution in [0.1, 0.15) is 5.56 Å². The van der Waals surface area contributed by atoms with Crippen LogP contribution >= 0.6 is 11.8 Å². The second kappa shape index (κ2) is 8.57. The standard InChI is InChI=1S/C18H14F6N2S/c1-25-16-8-7-13(11-15(16)18(22,23)24)26(12-17(19,20)21)9-10-27-14-5-3-2-4-6-14/h2-8,11H,9-10,12H2. The maximum Gasteiger partial charge on any atom is 0.407 e. The molecule has 0 spiro atoms. The number of anilines is 1. The van der Waals surface area contributed by atoms with E-state index in [1.165, 1.54) is 11.8 Å². The van der Waals surface area contributed by atoms with Crippen LogP contribution in [0.25, 0.3) is 4.85 Å². The minimum Gasteiger partial charge on any atom is -0.362 e. The first kappa shape index (κ1) is 21.0. The van der Waals surface area contributed by atoms with E-state index in [4.69, 9.17) is 6.57 Å². The molecule has 9 heteroatoms. The number of nitrogens with zero attached hydrogens (tertiary/aromatic N) is 2. The number of benzene rings is 2. The Kier molecular flexibility index (Phi) is 6.65. The van der Waals surface area contributed by atoms with Gasteiger partial charge in [0.05, 0.1) is 12.1 Å². The summed E-state index contributed by atoms with van der Waals surface area (Å²) < 4.78 is 78.0. The molecule has 0 radical (unpaired) electrons. The first-order valence-corrected chi connectivity index (χ1v) is 8.67. The number of hydrogen-bond donors (Lipinski definition) is 0. The fourth-order valence-corrected chi connectivity index (χ4v) is 3.25. The van der Waals surface area contributed by atoms with Gasteiger partial charge in [0.2, 0.25) is 0 Å². The van der Waals surface area contributed by atoms with Crippen molar-refractivity contribution in [3.05, 3.63) is 65.5 Å². The van der Waals surface area contributed by atoms with Gasteiger partial charge < -0.3 is 4.90 Å². The van der Waals surface area contributed by atoms with Crippen molar-refractivity contribution in [1.82, 2.24) is 0 Å². The van der Waals surface area contributed by atoms with Crippen LogP contribution in [0.15, 0.2) is 53.4 Å². The van der Waals surface area contributed by atoms with Gasteiger partial charge in [-0.3, -0.25) is 0 Å². The van der Waals surface area contributed by atoms with Crippen LogP contribution in [-0.2, 0) is 6.18 Å². The molecule has 0 aliphatic rings. The number of halogens is 6. The highest BCUT2D eigenvalue weighted by Crippen LogP contribution is 2.39. The second-order valence-electron chi connectivity index (χ2n) is 5.51. The van der Waals surface area contributed by atoms with Crippen molar-refractivity contribution in [2.45, 2.75) is 17.2 Å². The largest absolute Gasteiger partial charge is 0.407 e. The van der Waals surface area contributed by atoms with Gasteiger partial charge >= 0.3 is 12.4 Å². The van der Waals surface area contributed by atoms with Gasteiger partial charge in [-0.1, -0.05) is 24.3 Å². The maximum absolute atomic E-state index is 13.1. The second-order valence-corrected chi connectivity index (χ2v) is 6.68. The number of hydrogen-bond acceptors (Lipinski definition) is 2. The predicted molar refractivity (Wildman–Crippen MR) is 93.1 cm³/mol. The van der Waals surface area contributed by atoms with E-state index in [1.54, 1.807) is 30.3 Å². The zero-order valence-electron chi connectivity index (χ0n) is 13.8. The van der Waals surface area contributed by atoms with Gasteiger partial charge in [-0.25, -0.2) is 4.85 Å². The van der Waals surface area contributed by atoms with E-state index in [2.05, 4.69) is 4.85 Å². The summed E-state index contributed by atoms with van der Waals surface area (Å²) >= 11 is 1.31. The molecule has 144 valence electrons. The van der Waals surface area contributed by atoms with Gasteiger partial charge in [0.1, 0.15) is 6.54 Å². The molecule has 2 aromatic rings. The molecule has 0 bridgehead atoms. The number of rotatable bonds is 6. The fraction of sp³-hybridized carbons (Fsp3) is 0.278. The molecular weight excluding hydrogens is 390 g/mol. The lowest BCUT2D eigenvalue weighted by molar-refractivity contribution is -0.136. The van der Waals surface area contributed by atoms with Crippen molar-refractivity contribution in [3.8, 4) is 0 Å². The van der Waals surface area contributed by atoms with Gasteiger partial charge in [0.15, 0.2) is 5.69 Å². The van der Waals surface area contributed by atoms with Gasteiger partial charge in [0.25, 0.3) is 0 Å². The lowest BCUT2D eigenvalue weighted by atomic mass is 10.1. The van der Waals surface area contributed by atoms with Crippen LogP contribution in [0, 0.1) is 6.57 Å². The summed E-state index contributed by atoms with van der Waals surface area (Å²) in [5, 5.41) is 0. The first-order valence-electron chi connectivity index (χ1n) is 7.68. The Bertz CT molecular complexity index is 796. The molecule has 0 atom stereocenters. The van der Waals surface area contributed by atoms with E-state index in [0.717, 1.165) is 21.9 Å². The average Bonchev–Trinajstić information content (AvgIpc) is 2.59. The Balaban J connectivity index is 2.24. The SMILES string of the molecule is [C-]#[N+]c1ccc(N(CCSc2ccccc2)CC(F)(F)F)cc1C(F)(F)F. The summed E-state index contributed by atoms with van der Waals surface area (Å²) in [6.07, 6.45) is -9.40. The maximum atomic E-state index is 13.1. The minimum absolute atomic E-state index is 0.103. The highest BCUT2D eigenvalue weighted by molar-refractivity contribution is 7.99. The molecule has 0 saturated carbocycles. The van der Waals surface area contributed by atoms with Crippen LogP contribution in [-0.4, -0.2) is 25.0 Å². The molecule has 0 amide bonds. The molecule has 0 aliphatic carbocycles. The Morgan fingerprint density at radius 1 is 0.963 bits per heavy atom. The molecule has 2 nitrogen and oxygen atoms in total. The first-order chi connectivity index (χ1) is 12.6. The Labute approximate surface area is 156 Å². The van der Waals surface area contributed by atoms with Crippen LogP contribution in [0.2, 0.25) is 0 Å². The topological polar surface area (TPSA) is 7.60 Å². The summed E-state index contributed by atoms with van der Waals surface area (Å²) in [6, 6.07) is 11.6. The summed E-state index contributed by atoms with van der Waals surface area (Å²) in [6.45, 7) is 5.34. The molecule has 0 aliphatic heterocycles. The van der Waals surface area contributed by atoms with Crippen LogP contribution in [0.4, 0.5) is 37.7 Å². The highest BCUT2D eigenvalue weighted by Gasteiger charge is 2.35. The fourth-order valence-electron chi connectivity index (χ4n) is 2.35.